The number of amides is 1. The summed E-state index contributed by atoms with van der Waals surface area (Å²) in [6.07, 6.45) is 4.47. The monoisotopic (exact) mass is 523 g/mol. The molecule has 0 atom stereocenters. The minimum absolute atomic E-state index is 0.0880. The Morgan fingerprint density at radius 3 is 2.33 bits per heavy atom. The number of hydrogen-bond acceptors (Lipinski definition) is 5. The van der Waals surface area contributed by atoms with E-state index in [9.17, 15) is 14.4 Å². The van der Waals surface area contributed by atoms with Gasteiger partial charge in [0.05, 0.1) is 12.5 Å². The Morgan fingerprint density at radius 1 is 0.974 bits per heavy atom. The summed E-state index contributed by atoms with van der Waals surface area (Å²) in [5.41, 5.74) is 3.41. The van der Waals surface area contributed by atoms with Gasteiger partial charge >= 0.3 is 5.97 Å². The fourth-order valence-electron chi connectivity index (χ4n) is 5.36. The molecule has 5 rings (SSSR count). The van der Waals surface area contributed by atoms with Gasteiger partial charge in [-0.2, -0.15) is 0 Å². The molecule has 1 saturated carbocycles. The molecule has 200 valence electrons. The largest absolute Gasteiger partial charge is 0.464 e. The van der Waals surface area contributed by atoms with Gasteiger partial charge in [0.25, 0.3) is 5.91 Å². The van der Waals surface area contributed by atoms with Crippen molar-refractivity contribution < 1.29 is 14.3 Å². The molecule has 0 unspecified atom stereocenters. The van der Waals surface area contributed by atoms with Gasteiger partial charge in [0.1, 0.15) is 11.3 Å². The molecule has 1 aliphatic carbocycles. The fraction of sp³-hybridized carbons (Fsp3) is 0.312. The normalized spacial score (nSPS) is 17.1. The number of aromatic nitrogens is 2. The topological polar surface area (TPSA) is 90.3 Å². The van der Waals surface area contributed by atoms with Crippen molar-refractivity contribution in [1.82, 2.24) is 14.9 Å². The summed E-state index contributed by atoms with van der Waals surface area (Å²) >= 11 is 0. The van der Waals surface area contributed by atoms with Crippen LogP contribution in [0, 0.1) is 12.8 Å². The van der Waals surface area contributed by atoms with Gasteiger partial charge in [-0.25, -0.2) is 9.78 Å². The van der Waals surface area contributed by atoms with Crippen LogP contribution in [0.15, 0.2) is 71.5 Å². The minimum atomic E-state index is -0.617. The molecule has 0 bridgehead atoms. The molecule has 0 saturated heterocycles. The highest BCUT2D eigenvalue weighted by Gasteiger charge is 2.25. The molecule has 0 radical (unpaired) electrons. The number of carbonyl (C=O) groups excluding carboxylic acids is 2. The molecule has 1 amide bonds. The molecule has 1 N–H and O–H groups in total. The van der Waals surface area contributed by atoms with E-state index in [1.54, 1.807) is 28.8 Å². The maximum Gasteiger partial charge on any atom is 0.355 e. The molecule has 4 aromatic rings. The zero-order valence-electron chi connectivity index (χ0n) is 22.6. The Balaban J connectivity index is 1.53. The van der Waals surface area contributed by atoms with E-state index >= 15 is 0 Å². The summed E-state index contributed by atoms with van der Waals surface area (Å²) in [6.45, 7) is 4.10. The first-order chi connectivity index (χ1) is 18.9. The van der Waals surface area contributed by atoms with Crippen molar-refractivity contribution >= 4 is 22.9 Å². The summed E-state index contributed by atoms with van der Waals surface area (Å²) in [5.74, 6) is 0.0117. The Hall–Kier alpha value is -4.26. The van der Waals surface area contributed by atoms with Crippen molar-refractivity contribution in [2.45, 2.75) is 52.0 Å². The van der Waals surface area contributed by atoms with E-state index < -0.39 is 5.97 Å². The first kappa shape index (κ1) is 26.4. The first-order valence-electron chi connectivity index (χ1n) is 13.4. The van der Waals surface area contributed by atoms with Crippen LogP contribution in [0.2, 0.25) is 0 Å². The highest BCUT2D eigenvalue weighted by atomic mass is 16.5. The average molecular weight is 524 g/mol. The van der Waals surface area contributed by atoms with Crippen LogP contribution in [0.25, 0.3) is 16.7 Å². The fourth-order valence-corrected chi connectivity index (χ4v) is 5.36. The number of nitrogens with one attached hydrogen (secondary N) is 1. The molecule has 7 nitrogen and oxygen atoms in total. The highest BCUT2D eigenvalue weighted by Crippen LogP contribution is 2.25. The number of nitrogens with zero attached hydrogens (tertiary/aromatic N) is 2. The Labute approximate surface area is 227 Å². The van der Waals surface area contributed by atoms with E-state index in [1.165, 1.54) is 7.11 Å². The molecule has 7 heteroatoms. The van der Waals surface area contributed by atoms with Crippen LogP contribution < -0.4 is 10.7 Å². The van der Waals surface area contributed by atoms with Gasteiger partial charge in [0.15, 0.2) is 5.43 Å². The lowest BCUT2D eigenvalue weighted by Crippen LogP contribution is -2.37. The smallest absolute Gasteiger partial charge is 0.355 e. The lowest BCUT2D eigenvalue weighted by atomic mass is 9.87. The molecule has 2 aromatic heterocycles. The standard InChI is InChI=1S/C32H33N3O4/c1-20-9-16-24(17-10-20)34-31(37)23-14-12-22(13-15-23)19-27-28(32(38)39-3)35(25-7-5-4-6-8-25)30-26(29(27)36)18-11-21(2)33-30/h4-8,11-15,18,20,24H,9-10,16-17,19H2,1-3H3,(H,34,37)/t20-,24-. The molecule has 0 aliphatic heterocycles. The summed E-state index contributed by atoms with van der Waals surface area (Å²) in [5, 5.41) is 3.58. The lowest BCUT2D eigenvalue weighted by molar-refractivity contribution is 0.0589. The predicted octanol–water partition coefficient (Wildman–Crippen LogP) is 5.38. The van der Waals surface area contributed by atoms with E-state index in [2.05, 4.69) is 17.2 Å². The quantitative estimate of drug-likeness (QED) is 0.343. The number of pyridine rings is 2. The number of benzene rings is 2. The summed E-state index contributed by atoms with van der Waals surface area (Å²) in [7, 11) is 1.31. The van der Waals surface area contributed by atoms with Crippen LogP contribution >= 0.6 is 0 Å². The Bertz CT molecular complexity index is 1570. The number of methoxy groups -OCH3 is 1. The Kier molecular flexibility index (Phi) is 7.59. The van der Waals surface area contributed by atoms with Crippen molar-refractivity contribution in [2.24, 2.45) is 5.92 Å². The SMILES string of the molecule is COC(=O)c1c(Cc2ccc(C(=O)N[C@H]3CC[C@H](C)CC3)cc2)c(=O)c2ccc(C)nc2n1-c1ccccc1. The number of para-hydroxylation sites is 1. The van der Waals surface area contributed by atoms with Crippen LogP contribution in [0.4, 0.5) is 0 Å². The van der Waals surface area contributed by atoms with Gasteiger partial charge in [0.2, 0.25) is 0 Å². The average Bonchev–Trinajstić information content (AvgIpc) is 2.95. The molecular weight excluding hydrogens is 490 g/mol. The van der Waals surface area contributed by atoms with Gasteiger partial charge in [-0.1, -0.05) is 37.3 Å². The number of fused-ring (bicyclic) bond motifs is 1. The van der Waals surface area contributed by atoms with Crippen molar-refractivity contribution in [3.8, 4) is 5.69 Å². The van der Waals surface area contributed by atoms with Crippen LogP contribution in [-0.2, 0) is 11.2 Å². The molecule has 2 aromatic carbocycles. The third kappa shape index (κ3) is 5.48. The summed E-state index contributed by atoms with van der Waals surface area (Å²) in [4.78, 5) is 44.4. The van der Waals surface area contributed by atoms with Crippen molar-refractivity contribution in [3.63, 3.8) is 0 Å². The van der Waals surface area contributed by atoms with Gasteiger partial charge in [-0.15, -0.1) is 0 Å². The van der Waals surface area contributed by atoms with E-state index in [-0.39, 0.29) is 29.5 Å². The van der Waals surface area contributed by atoms with E-state index in [4.69, 9.17) is 4.74 Å². The third-order valence-corrected chi connectivity index (χ3v) is 7.60. The zero-order chi connectivity index (χ0) is 27.5. The van der Waals surface area contributed by atoms with Gasteiger partial charge in [0, 0.05) is 35.0 Å². The van der Waals surface area contributed by atoms with Gasteiger partial charge < -0.3 is 10.1 Å². The van der Waals surface area contributed by atoms with Gasteiger partial charge in [-0.05, 0) is 80.5 Å². The second-order valence-electron chi connectivity index (χ2n) is 10.4. The Morgan fingerprint density at radius 2 is 1.67 bits per heavy atom. The second-order valence-corrected chi connectivity index (χ2v) is 10.4. The summed E-state index contributed by atoms with van der Waals surface area (Å²) in [6, 6.07) is 20.3. The molecule has 1 aliphatic rings. The molecule has 2 heterocycles. The van der Waals surface area contributed by atoms with Gasteiger partial charge in [-0.3, -0.25) is 14.2 Å². The number of carbonyl (C=O) groups is 2. The number of ether oxygens (including phenoxy) is 1. The number of aryl methyl sites for hydroxylation is 1. The predicted molar refractivity (Wildman–Crippen MR) is 152 cm³/mol. The molecule has 39 heavy (non-hydrogen) atoms. The van der Waals surface area contributed by atoms with E-state index in [1.807, 2.05) is 49.4 Å². The maximum absolute atomic E-state index is 13.8. The molecular formula is C32H33N3O4. The van der Waals surface area contributed by atoms with Crippen molar-refractivity contribution in [1.29, 1.82) is 0 Å². The minimum Gasteiger partial charge on any atom is -0.464 e. The highest BCUT2D eigenvalue weighted by molar-refractivity contribution is 5.95. The number of esters is 1. The molecule has 0 spiro atoms. The van der Waals surface area contributed by atoms with Crippen LogP contribution in [0.3, 0.4) is 0 Å². The van der Waals surface area contributed by atoms with Crippen LogP contribution in [0.5, 0.6) is 0 Å². The number of rotatable bonds is 6. The lowest BCUT2D eigenvalue weighted by Gasteiger charge is -2.26. The van der Waals surface area contributed by atoms with E-state index in [0.29, 0.717) is 33.8 Å². The number of hydrogen-bond donors (Lipinski definition) is 1. The van der Waals surface area contributed by atoms with Crippen molar-refractivity contribution in [2.75, 3.05) is 7.11 Å². The zero-order valence-corrected chi connectivity index (χ0v) is 22.6. The summed E-state index contributed by atoms with van der Waals surface area (Å²) < 4.78 is 6.87. The second kappa shape index (κ2) is 11.2. The molecule has 1 fully saturated rings. The van der Waals surface area contributed by atoms with Crippen molar-refractivity contribution in [3.05, 3.63) is 105 Å². The first-order valence-corrected chi connectivity index (χ1v) is 13.4. The van der Waals surface area contributed by atoms with Crippen LogP contribution in [0.1, 0.15) is 70.3 Å². The maximum atomic E-state index is 13.8. The third-order valence-electron chi connectivity index (χ3n) is 7.60. The van der Waals surface area contributed by atoms with Crippen LogP contribution in [-0.4, -0.2) is 34.6 Å². The van der Waals surface area contributed by atoms with E-state index in [0.717, 1.165) is 36.9 Å².